The first kappa shape index (κ1) is 14.1. The second-order valence-corrected chi connectivity index (χ2v) is 3.76. The van der Waals surface area contributed by atoms with Crippen LogP contribution in [-0.2, 0) is 4.74 Å². The highest BCUT2D eigenvalue weighted by atomic mass is 32.1. The Kier molecular flexibility index (Phi) is 6.40. The molecule has 0 aliphatic carbocycles. The third kappa shape index (κ3) is 5.39. The lowest BCUT2D eigenvalue weighted by Gasteiger charge is -2.05. The molecule has 0 saturated carbocycles. The molecule has 0 aliphatic rings. The van der Waals surface area contributed by atoms with Gasteiger partial charge in [0.05, 0.1) is 24.5 Å². The zero-order valence-electron chi connectivity index (χ0n) is 10.0. The van der Waals surface area contributed by atoms with Gasteiger partial charge in [-0.2, -0.15) is 10.4 Å². The van der Waals surface area contributed by atoms with E-state index in [2.05, 4.69) is 21.9 Å². The molecule has 0 unspecified atom stereocenters. The van der Waals surface area contributed by atoms with Gasteiger partial charge in [0.1, 0.15) is 0 Å². The molecule has 0 saturated heterocycles. The molecule has 0 aliphatic heterocycles. The number of hydrogen-bond acceptors (Lipinski definition) is 4. The summed E-state index contributed by atoms with van der Waals surface area (Å²) in [4.78, 5) is 0. The minimum Gasteiger partial charge on any atom is -0.383 e. The Bertz CT molecular complexity index is 450. The number of rotatable bonds is 5. The highest BCUT2D eigenvalue weighted by Crippen LogP contribution is 2.00. The Balaban J connectivity index is 2.35. The quantitative estimate of drug-likeness (QED) is 0.358. The predicted molar refractivity (Wildman–Crippen MR) is 74.4 cm³/mol. The van der Waals surface area contributed by atoms with Crippen LogP contribution < -0.4 is 10.7 Å². The molecule has 94 valence electrons. The second-order valence-electron chi connectivity index (χ2n) is 3.35. The van der Waals surface area contributed by atoms with E-state index in [-0.39, 0.29) is 0 Å². The largest absolute Gasteiger partial charge is 0.383 e. The fraction of sp³-hybridized carbons (Fsp3) is 0.250. The lowest BCUT2D eigenvalue weighted by atomic mass is 10.2. The number of thiocarbonyl (C=S) groups is 1. The highest BCUT2D eigenvalue weighted by molar-refractivity contribution is 7.80. The monoisotopic (exact) mass is 262 g/mol. The van der Waals surface area contributed by atoms with Crippen molar-refractivity contribution in [3.05, 3.63) is 35.4 Å². The lowest BCUT2D eigenvalue weighted by molar-refractivity contribution is 0.204. The van der Waals surface area contributed by atoms with Crippen LogP contribution in [-0.4, -0.2) is 31.6 Å². The summed E-state index contributed by atoms with van der Waals surface area (Å²) in [5, 5.41) is 16.0. The van der Waals surface area contributed by atoms with Crippen LogP contribution in [0.3, 0.4) is 0 Å². The number of hydrogen-bond donors (Lipinski definition) is 2. The van der Waals surface area contributed by atoms with E-state index in [4.69, 9.17) is 22.2 Å². The molecule has 0 heterocycles. The normalized spacial score (nSPS) is 10.0. The summed E-state index contributed by atoms with van der Waals surface area (Å²) < 4.78 is 4.87. The summed E-state index contributed by atoms with van der Waals surface area (Å²) in [6.45, 7) is 1.22. The van der Waals surface area contributed by atoms with Crippen LogP contribution in [0.4, 0.5) is 0 Å². The topological polar surface area (TPSA) is 69.4 Å². The van der Waals surface area contributed by atoms with Crippen molar-refractivity contribution in [2.45, 2.75) is 0 Å². The van der Waals surface area contributed by atoms with Gasteiger partial charge in [0.2, 0.25) is 0 Å². The van der Waals surface area contributed by atoms with E-state index in [0.717, 1.165) is 5.56 Å². The fourth-order valence-electron chi connectivity index (χ4n) is 1.12. The third-order valence-corrected chi connectivity index (χ3v) is 2.25. The highest BCUT2D eigenvalue weighted by Gasteiger charge is 1.92. The molecular formula is C12H14N4OS. The Labute approximate surface area is 111 Å². The van der Waals surface area contributed by atoms with Crippen LogP contribution in [0.15, 0.2) is 29.4 Å². The van der Waals surface area contributed by atoms with Crippen molar-refractivity contribution >= 4 is 23.5 Å². The Hall–Kier alpha value is -1.97. The summed E-state index contributed by atoms with van der Waals surface area (Å²) in [6.07, 6.45) is 1.63. The van der Waals surface area contributed by atoms with Crippen LogP contribution in [0, 0.1) is 11.3 Å². The molecule has 0 radical (unpaired) electrons. The molecule has 0 fully saturated rings. The summed E-state index contributed by atoms with van der Waals surface area (Å²) in [5.41, 5.74) is 4.20. The van der Waals surface area contributed by atoms with Crippen LogP contribution in [0.1, 0.15) is 11.1 Å². The zero-order valence-corrected chi connectivity index (χ0v) is 10.8. The van der Waals surface area contributed by atoms with Crippen molar-refractivity contribution in [1.82, 2.24) is 10.7 Å². The molecular weight excluding hydrogens is 248 g/mol. The van der Waals surface area contributed by atoms with Gasteiger partial charge in [0.25, 0.3) is 0 Å². The molecule has 0 atom stereocenters. The molecule has 0 aromatic heterocycles. The summed E-state index contributed by atoms with van der Waals surface area (Å²) in [6, 6.07) is 9.14. The van der Waals surface area contributed by atoms with E-state index in [1.807, 2.05) is 12.1 Å². The maximum Gasteiger partial charge on any atom is 0.187 e. The van der Waals surface area contributed by atoms with Gasteiger partial charge in [-0.15, -0.1) is 0 Å². The molecule has 0 bridgehead atoms. The minimum absolute atomic E-state index is 0.442. The van der Waals surface area contributed by atoms with Crippen LogP contribution in [0.2, 0.25) is 0 Å². The number of nitriles is 1. The molecule has 1 aromatic rings. The second kappa shape index (κ2) is 8.17. The van der Waals surface area contributed by atoms with Crippen LogP contribution >= 0.6 is 12.2 Å². The first-order chi connectivity index (χ1) is 8.76. The van der Waals surface area contributed by atoms with Crippen molar-refractivity contribution < 1.29 is 4.74 Å². The summed E-state index contributed by atoms with van der Waals surface area (Å²) in [7, 11) is 1.63. The van der Waals surface area contributed by atoms with E-state index in [0.29, 0.717) is 23.8 Å². The molecule has 2 N–H and O–H groups in total. The van der Waals surface area contributed by atoms with Gasteiger partial charge in [-0.3, -0.25) is 5.43 Å². The molecule has 18 heavy (non-hydrogen) atoms. The smallest absolute Gasteiger partial charge is 0.187 e. The van der Waals surface area contributed by atoms with Gasteiger partial charge in [-0.25, -0.2) is 0 Å². The van der Waals surface area contributed by atoms with Crippen molar-refractivity contribution in [3.8, 4) is 6.07 Å². The average molecular weight is 262 g/mol. The fourth-order valence-corrected chi connectivity index (χ4v) is 1.27. The van der Waals surface area contributed by atoms with Gasteiger partial charge in [0, 0.05) is 13.7 Å². The molecule has 5 nitrogen and oxygen atoms in total. The van der Waals surface area contributed by atoms with E-state index in [1.54, 1.807) is 25.5 Å². The SMILES string of the molecule is COCCNC(=S)NN=Cc1ccc(C#N)cc1. The summed E-state index contributed by atoms with van der Waals surface area (Å²) >= 11 is 4.99. The Morgan fingerprint density at radius 3 is 2.83 bits per heavy atom. The predicted octanol–water partition coefficient (Wildman–Crippen LogP) is 1.00. The zero-order chi connectivity index (χ0) is 13.2. The number of methoxy groups -OCH3 is 1. The maximum absolute atomic E-state index is 8.65. The number of benzene rings is 1. The Morgan fingerprint density at radius 1 is 1.50 bits per heavy atom. The third-order valence-electron chi connectivity index (χ3n) is 2.01. The van der Waals surface area contributed by atoms with Crippen LogP contribution in [0.25, 0.3) is 0 Å². The van der Waals surface area contributed by atoms with E-state index in [1.165, 1.54) is 0 Å². The number of nitrogens with one attached hydrogen (secondary N) is 2. The van der Waals surface area contributed by atoms with Gasteiger partial charge in [-0.05, 0) is 29.9 Å². The first-order valence-electron chi connectivity index (χ1n) is 5.32. The number of nitrogens with zero attached hydrogens (tertiary/aromatic N) is 2. The molecule has 0 spiro atoms. The van der Waals surface area contributed by atoms with Gasteiger partial charge in [-0.1, -0.05) is 12.1 Å². The van der Waals surface area contributed by atoms with Crippen LogP contribution in [0.5, 0.6) is 0 Å². The van der Waals surface area contributed by atoms with Gasteiger partial charge < -0.3 is 10.1 Å². The Morgan fingerprint density at radius 2 is 2.22 bits per heavy atom. The first-order valence-corrected chi connectivity index (χ1v) is 5.73. The molecule has 6 heteroatoms. The number of hydrazone groups is 1. The standard InChI is InChI=1S/C12H14N4OS/c1-17-7-6-14-12(18)16-15-9-11-4-2-10(8-13)3-5-11/h2-5,9H,6-7H2,1H3,(H2,14,16,18). The maximum atomic E-state index is 8.65. The van der Waals surface area contributed by atoms with E-state index >= 15 is 0 Å². The van der Waals surface area contributed by atoms with Crippen molar-refractivity contribution in [2.24, 2.45) is 5.10 Å². The number of ether oxygens (including phenoxy) is 1. The minimum atomic E-state index is 0.442. The van der Waals surface area contributed by atoms with E-state index in [9.17, 15) is 0 Å². The van der Waals surface area contributed by atoms with E-state index < -0.39 is 0 Å². The molecule has 1 rings (SSSR count). The molecule has 0 amide bonds. The molecule has 1 aromatic carbocycles. The van der Waals surface area contributed by atoms with Crippen molar-refractivity contribution in [1.29, 1.82) is 5.26 Å². The average Bonchev–Trinajstić information content (AvgIpc) is 2.40. The summed E-state index contributed by atoms with van der Waals surface area (Å²) in [5.74, 6) is 0. The van der Waals surface area contributed by atoms with Crippen molar-refractivity contribution in [2.75, 3.05) is 20.3 Å². The van der Waals surface area contributed by atoms with Gasteiger partial charge in [0.15, 0.2) is 5.11 Å². The van der Waals surface area contributed by atoms with Gasteiger partial charge >= 0.3 is 0 Å². The van der Waals surface area contributed by atoms with Crippen molar-refractivity contribution in [3.63, 3.8) is 0 Å². The lowest BCUT2D eigenvalue weighted by Crippen LogP contribution is -2.34.